The summed E-state index contributed by atoms with van der Waals surface area (Å²) in [5, 5.41) is 6.90. The Kier molecular flexibility index (Phi) is 4.25. The topological polar surface area (TPSA) is 77.2 Å². The molecule has 0 aliphatic carbocycles. The average molecular weight is 261 g/mol. The molecule has 19 heavy (non-hydrogen) atoms. The normalized spacial score (nSPS) is 10.4. The fourth-order valence-corrected chi connectivity index (χ4v) is 1.58. The second-order valence-corrected chi connectivity index (χ2v) is 3.94. The van der Waals surface area contributed by atoms with Crippen LogP contribution in [0.25, 0.3) is 11.5 Å². The Morgan fingerprint density at radius 2 is 2.11 bits per heavy atom. The summed E-state index contributed by atoms with van der Waals surface area (Å²) in [7, 11) is 3.22. The van der Waals surface area contributed by atoms with E-state index in [-0.39, 0.29) is 5.97 Å². The van der Waals surface area contributed by atoms with E-state index in [9.17, 15) is 4.79 Å². The standard InChI is InChI=1S/C13H15N3O3/c1-14-8-7-11-15-12(19-16-11)9-3-5-10(6-4-9)13(17)18-2/h3-6,14H,7-8H2,1-2H3. The quantitative estimate of drug-likeness (QED) is 0.817. The molecule has 2 aromatic rings. The van der Waals surface area contributed by atoms with Crippen molar-refractivity contribution in [2.75, 3.05) is 20.7 Å². The molecule has 0 aliphatic heterocycles. The third-order valence-corrected chi connectivity index (χ3v) is 2.62. The highest BCUT2D eigenvalue weighted by atomic mass is 16.5. The van der Waals surface area contributed by atoms with Crippen LogP contribution in [0.3, 0.4) is 0 Å². The minimum Gasteiger partial charge on any atom is -0.465 e. The molecule has 0 unspecified atom stereocenters. The lowest BCUT2D eigenvalue weighted by Gasteiger charge is -1.99. The molecule has 0 saturated carbocycles. The van der Waals surface area contributed by atoms with Gasteiger partial charge >= 0.3 is 5.97 Å². The van der Waals surface area contributed by atoms with Gasteiger partial charge in [-0.15, -0.1) is 0 Å². The van der Waals surface area contributed by atoms with Crippen LogP contribution in [0.2, 0.25) is 0 Å². The summed E-state index contributed by atoms with van der Waals surface area (Å²) in [5.74, 6) is 0.732. The third-order valence-electron chi connectivity index (χ3n) is 2.62. The van der Waals surface area contributed by atoms with Gasteiger partial charge < -0.3 is 14.6 Å². The zero-order valence-electron chi connectivity index (χ0n) is 10.8. The molecule has 0 atom stereocenters. The van der Waals surface area contributed by atoms with E-state index in [1.807, 2.05) is 7.05 Å². The molecule has 6 heteroatoms. The lowest BCUT2D eigenvalue weighted by molar-refractivity contribution is 0.0601. The zero-order chi connectivity index (χ0) is 13.7. The minimum absolute atomic E-state index is 0.369. The van der Waals surface area contributed by atoms with Crippen LogP contribution in [0.5, 0.6) is 0 Å². The van der Waals surface area contributed by atoms with Gasteiger partial charge in [-0.3, -0.25) is 0 Å². The SMILES string of the molecule is CNCCc1noc(-c2ccc(C(=O)OC)cc2)n1. The van der Waals surface area contributed by atoms with Gasteiger partial charge in [0.25, 0.3) is 5.89 Å². The number of nitrogens with one attached hydrogen (secondary N) is 1. The molecular weight excluding hydrogens is 246 g/mol. The van der Waals surface area contributed by atoms with Crippen molar-refractivity contribution in [1.82, 2.24) is 15.5 Å². The fraction of sp³-hybridized carbons (Fsp3) is 0.308. The van der Waals surface area contributed by atoms with Crippen LogP contribution in [0.1, 0.15) is 16.2 Å². The summed E-state index contributed by atoms with van der Waals surface area (Å²) >= 11 is 0. The number of carbonyl (C=O) groups is 1. The number of benzene rings is 1. The molecule has 1 aromatic heterocycles. The van der Waals surface area contributed by atoms with Crippen LogP contribution in [0, 0.1) is 0 Å². The number of hydrogen-bond acceptors (Lipinski definition) is 6. The molecule has 0 amide bonds. The Hall–Kier alpha value is -2.21. The largest absolute Gasteiger partial charge is 0.465 e. The summed E-state index contributed by atoms with van der Waals surface area (Å²) in [6.07, 6.45) is 0.709. The lowest BCUT2D eigenvalue weighted by atomic mass is 10.1. The van der Waals surface area contributed by atoms with E-state index in [0.717, 1.165) is 12.1 Å². The van der Waals surface area contributed by atoms with Crippen molar-refractivity contribution in [3.05, 3.63) is 35.7 Å². The molecule has 6 nitrogen and oxygen atoms in total. The van der Waals surface area contributed by atoms with Crippen molar-refractivity contribution < 1.29 is 14.1 Å². The van der Waals surface area contributed by atoms with Gasteiger partial charge in [0.05, 0.1) is 12.7 Å². The van der Waals surface area contributed by atoms with Crippen molar-refractivity contribution in [3.8, 4) is 11.5 Å². The Morgan fingerprint density at radius 3 is 2.74 bits per heavy atom. The van der Waals surface area contributed by atoms with E-state index in [2.05, 4.69) is 20.2 Å². The van der Waals surface area contributed by atoms with Gasteiger partial charge in [0, 0.05) is 18.5 Å². The number of rotatable bonds is 5. The smallest absolute Gasteiger partial charge is 0.337 e. The van der Waals surface area contributed by atoms with Crippen molar-refractivity contribution in [2.24, 2.45) is 0 Å². The van der Waals surface area contributed by atoms with E-state index in [1.54, 1.807) is 24.3 Å². The van der Waals surface area contributed by atoms with Crippen LogP contribution in [0.4, 0.5) is 0 Å². The van der Waals surface area contributed by atoms with E-state index < -0.39 is 0 Å². The Labute approximate surface area is 110 Å². The first-order chi connectivity index (χ1) is 9.24. The maximum atomic E-state index is 11.3. The van der Waals surface area contributed by atoms with Crippen LogP contribution in [-0.2, 0) is 11.2 Å². The van der Waals surface area contributed by atoms with Gasteiger partial charge in [0.2, 0.25) is 0 Å². The van der Waals surface area contributed by atoms with E-state index in [1.165, 1.54) is 7.11 Å². The van der Waals surface area contributed by atoms with Crippen LogP contribution < -0.4 is 5.32 Å². The number of aromatic nitrogens is 2. The predicted octanol–water partition coefficient (Wildman–Crippen LogP) is 1.29. The highest BCUT2D eigenvalue weighted by Gasteiger charge is 2.10. The van der Waals surface area contributed by atoms with Crippen LogP contribution in [-0.4, -0.2) is 36.8 Å². The molecule has 1 aromatic carbocycles. The maximum absolute atomic E-state index is 11.3. The van der Waals surface area contributed by atoms with Crippen molar-refractivity contribution in [2.45, 2.75) is 6.42 Å². The molecule has 0 saturated heterocycles. The van der Waals surface area contributed by atoms with Crippen LogP contribution in [0.15, 0.2) is 28.8 Å². The second-order valence-electron chi connectivity index (χ2n) is 3.94. The van der Waals surface area contributed by atoms with Crippen LogP contribution >= 0.6 is 0 Å². The highest BCUT2D eigenvalue weighted by Crippen LogP contribution is 2.18. The van der Waals surface area contributed by atoms with E-state index in [4.69, 9.17) is 4.52 Å². The number of ether oxygens (including phenoxy) is 1. The summed E-state index contributed by atoms with van der Waals surface area (Å²) < 4.78 is 9.80. The molecule has 0 radical (unpaired) electrons. The fourth-order valence-electron chi connectivity index (χ4n) is 1.58. The van der Waals surface area contributed by atoms with E-state index >= 15 is 0 Å². The zero-order valence-corrected chi connectivity index (χ0v) is 10.8. The lowest BCUT2D eigenvalue weighted by Crippen LogP contribution is -2.10. The first-order valence-corrected chi connectivity index (χ1v) is 5.90. The highest BCUT2D eigenvalue weighted by molar-refractivity contribution is 5.89. The Morgan fingerprint density at radius 1 is 1.37 bits per heavy atom. The molecule has 0 fully saturated rings. The van der Waals surface area contributed by atoms with Gasteiger partial charge in [0.15, 0.2) is 5.82 Å². The van der Waals surface area contributed by atoms with Gasteiger partial charge in [-0.05, 0) is 31.3 Å². The van der Waals surface area contributed by atoms with Crippen molar-refractivity contribution >= 4 is 5.97 Å². The molecule has 2 rings (SSSR count). The molecule has 0 aliphatic rings. The predicted molar refractivity (Wildman–Crippen MR) is 68.7 cm³/mol. The number of hydrogen-bond donors (Lipinski definition) is 1. The minimum atomic E-state index is -0.369. The molecule has 1 N–H and O–H groups in total. The molecule has 0 bridgehead atoms. The monoisotopic (exact) mass is 261 g/mol. The summed E-state index contributed by atoms with van der Waals surface area (Å²) in [4.78, 5) is 15.6. The summed E-state index contributed by atoms with van der Waals surface area (Å²) in [6, 6.07) is 6.83. The molecule has 100 valence electrons. The first-order valence-electron chi connectivity index (χ1n) is 5.90. The molecule has 1 heterocycles. The van der Waals surface area contributed by atoms with E-state index in [0.29, 0.717) is 23.7 Å². The number of likely N-dealkylation sites (N-methyl/N-ethyl adjacent to an activating group) is 1. The Bertz CT molecular complexity index is 549. The van der Waals surface area contributed by atoms with Gasteiger partial charge in [-0.1, -0.05) is 5.16 Å². The van der Waals surface area contributed by atoms with Crippen molar-refractivity contribution in [1.29, 1.82) is 0 Å². The number of methoxy groups -OCH3 is 1. The number of esters is 1. The number of nitrogens with zero attached hydrogens (tertiary/aromatic N) is 2. The average Bonchev–Trinajstić information content (AvgIpc) is 2.93. The van der Waals surface area contributed by atoms with Gasteiger partial charge in [-0.25, -0.2) is 4.79 Å². The second kappa shape index (κ2) is 6.10. The Balaban J connectivity index is 2.13. The maximum Gasteiger partial charge on any atom is 0.337 e. The van der Waals surface area contributed by atoms with Gasteiger partial charge in [-0.2, -0.15) is 4.98 Å². The van der Waals surface area contributed by atoms with Crippen molar-refractivity contribution in [3.63, 3.8) is 0 Å². The first kappa shape index (κ1) is 13.2. The summed E-state index contributed by atoms with van der Waals surface area (Å²) in [6.45, 7) is 0.792. The third kappa shape index (κ3) is 3.17. The molecule has 0 spiro atoms. The number of carbonyl (C=O) groups excluding carboxylic acids is 1. The summed E-state index contributed by atoms with van der Waals surface area (Å²) in [5.41, 5.74) is 1.26. The van der Waals surface area contributed by atoms with Gasteiger partial charge in [0.1, 0.15) is 0 Å². The molecular formula is C13H15N3O3.